The first kappa shape index (κ1) is 24.0. The zero-order valence-electron chi connectivity index (χ0n) is 20.1. The summed E-state index contributed by atoms with van der Waals surface area (Å²) in [5.41, 5.74) is 2.02. The number of imidazole rings is 1. The van der Waals surface area contributed by atoms with Gasteiger partial charge in [0.1, 0.15) is 23.1 Å². The summed E-state index contributed by atoms with van der Waals surface area (Å²) in [7, 11) is 3.44. The summed E-state index contributed by atoms with van der Waals surface area (Å²) in [5.74, 6) is 1.98. The predicted molar refractivity (Wildman–Crippen MR) is 142 cm³/mol. The van der Waals surface area contributed by atoms with E-state index in [9.17, 15) is 9.59 Å². The number of aromatic nitrogens is 3. The van der Waals surface area contributed by atoms with Gasteiger partial charge in [0, 0.05) is 37.8 Å². The number of pyridine rings is 1. The summed E-state index contributed by atoms with van der Waals surface area (Å²) in [4.78, 5) is 34.4. The van der Waals surface area contributed by atoms with Crippen LogP contribution in [0.25, 0.3) is 20.9 Å². The third-order valence-corrected chi connectivity index (χ3v) is 6.66. The maximum absolute atomic E-state index is 12.4. The number of hydrogen-bond acceptors (Lipinski definition) is 7. The molecule has 37 heavy (non-hydrogen) atoms. The lowest BCUT2D eigenvalue weighted by molar-refractivity contribution is -0.119. The van der Waals surface area contributed by atoms with Crippen LogP contribution in [0.1, 0.15) is 5.56 Å². The standard InChI is InChI=1S/C27H23N5O4S/c1-32-13-12-29-26(32)23-16-20-25(37-23)21(10-11-28-20)36-18-8-9-19(22(15-18)35-2)30-27(34)31-24(33)14-17-6-4-3-5-7-17/h3-13,15-16H,14H2,1-2H3,(H2,30,31,33,34). The molecule has 0 aliphatic rings. The van der Waals surface area contributed by atoms with Crippen LogP contribution in [0, 0.1) is 0 Å². The van der Waals surface area contributed by atoms with E-state index < -0.39 is 11.9 Å². The fourth-order valence-corrected chi connectivity index (χ4v) is 4.88. The van der Waals surface area contributed by atoms with E-state index in [1.165, 1.54) is 7.11 Å². The highest BCUT2D eigenvalue weighted by Gasteiger charge is 2.15. The highest BCUT2D eigenvalue weighted by Crippen LogP contribution is 2.39. The van der Waals surface area contributed by atoms with Gasteiger partial charge in [-0.25, -0.2) is 9.78 Å². The number of carbonyl (C=O) groups is 2. The normalized spacial score (nSPS) is 10.8. The van der Waals surface area contributed by atoms with Crippen molar-refractivity contribution in [3.8, 4) is 28.0 Å². The molecule has 5 rings (SSSR count). The molecule has 0 aliphatic heterocycles. The monoisotopic (exact) mass is 513 g/mol. The van der Waals surface area contributed by atoms with Crippen molar-refractivity contribution in [1.29, 1.82) is 0 Å². The van der Waals surface area contributed by atoms with E-state index in [-0.39, 0.29) is 6.42 Å². The number of imide groups is 1. The number of nitrogens with one attached hydrogen (secondary N) is 2. The molecule has 9 nitrogen and oxygen atoms in total. The van der Waals surface area contributed by atoms with E-state index in [4.69, 9.17) is 9.47 Å². The summed E-state index contributed by atoms with van der Waals surface area (Å²) in [6.07, 6.45) is 5.44. The van der Waals surface area contributed by atoms with Gasteiger partial charge in [0.15, 0.2) is 0 Å². The molecule has 2 aromatic carbocycles. The maximum Gasteiger partial charge on any atom is 0.325 e. The molecule has 0 saturated heterocycles. The molecule has 10 heteroatoms. The molecule has 5 aromatic rings. The highest BCUT2D eigenvalue weighted by atomic mass is 32.1. The summed E-state index contributed by atoms with van der Waals surface area (Å²) >= 11 is 1.54. The Morgan fingerprint density at radius 3 is 2.59 bits per heavy atom. The van der Waals surface area contributed by atoms with Crippen LogP contribution in [0.2, 0.25) is 0 Å². The molecular weight excluding hydrogens is 490 g/mol. The van der Waals surface area contributed by atoms with Gasteiger partial charge in [-0.05, 0) is 23.8 Å². The topological polar surface area (TPSA) is 107 Å². The van der Waals surface area contributed by atoms with E-state index in [0.717, 1.165) is 26.5 Å². The van der Waals surface area contributed by atoms with Crippen molar-refractivity contribution >= 4 is 39.2 Å². The lowest BCUT2D eigenvalue weighted by Crippen LogP contribution is -2.35. The minimum atomic E-state index is -0.649. The smallest absolute Gasteiger partial charge is 0.325 e. The van der Waals surface area contributed by atoms with E-state index in [1.807, 2.05) is 54.2 Å². The minimum absolute atomic E-state index is 0.100. The second-order valence-corrected chi connectivity index (χ2v) is 9.18. The molecule has 0 fully saturated rings. The SMILES string of the molecule is COc1cc(Oc2ccnc3cc(-c4nccn4C)sc23)ccc1NC(=O)NC(=O)Cc1ccccc1. The zero-order chi connectivity index (χ0) is 25.8. The van der Waals surface area contributed by atoms with Gasteiger partial charge in [-0.3, -0.25) is 15.1 Å². The van der Waals surface area contributed by atoms with Crippen LogP contribution in [0.3, 0.4) is 0 Å². The molecule has 3 aromatic heterocycles. The predicted octanol–water partition coefficient (Wildman–Crippen LogP) is 5.39. The van der Waals surface area contributed by atoms with Crippen LogP contribution in [-0.2, 0) is 18.3 Å². The third kappa shape index (κ3) is 5.44. The first-order valence-electron chi connectivity index (χ1n) is 11.4. The molecule has 0 aliphatic carbocycles. The van der Waals surface area contributed by atoms with Crippen molar-refractivity contribution in [1.82, 2.24) is 19.9 Å². The Hall–Kier alpha value is -4.70. The Morgan fingerprint density at radius 2 is 1.84 bits per heavy atom. The van der Waals surface area contributed by atoms with Gasteiger partial charge in [0.05, 0.1) is 34.3 Å². The van der Waals surface area contributed by atoms with Gasteiger partial charge in [-0.1, -0.05) is 30.3 Å². The maximum atomic E-state index is 12.4. The molecular formula is C27H23N5O4S. The molecule has 0 bridgehead atoms. The number of methoxy groups -OCH3 is 1. The number of fused-ring (bicyclic) bond motifs is 1. The molecule has 0 spiro atoms. The fraction of sp³-hybridized carbons (Fsp3) is 0.111. The Labute approximate surface area is 216 Å². The number of nitrogens with zero attached hydrogens (tertiary/aromatic N) is 3. The van der Waals surface area contributed by atoms with Crippen molar-refractivity contribution in [2.24, 2.45) is 7.05 Å². The second kappa shape index (κ2) is 10.5. The van der Waals surface area contributed by atoms with E-state index >= 15 is 0 Å². The number of ether oxygens (including phenoxy) is 2. The fourth-order valence-electron chi connectivity index (χ4n) is 3.78. The molecule has 3 amide bonds. The van der Waals surface area contributed by atoms with Gasteiger partial charge >= 0.3 is 6.03 Å². The summed E-state index contributed by atoms with van der Waals surface area (Å²) in [5, 5.41) is 4.99. The first-order valence-corrected chi connectivity index (χ1v) is 12.2. The van der Waals surface area contributed by atoms with Gasteiger partial charge in [-0.2, -0.15) is 0 Å². The Bertz CT molecular complexity index is 1580. The first-order chi connectivity index (χ1) is 18.0. The van der Waals surface area contributed by atoms with Gasteiger partial charge in [-0.15, -0.1) is 11.3 Å². The average Bonchev–Trinajstić information content (AvgIpc) is 3.51. The van der Waals surface area contributed by atoms with Crippen molar-refractivity contribution < 1.29 is 19.1 Å². The number of carbonyl (C=O) groups excluding carboxylic acids is 2. The Morgan fingerprint density at radius 1 is 1.00 bits per heavy atom. The lowest BCUT2D eigenvalue weighted by Gasteiger charge is -2.13. The summed E-state index contributed by atoms with van der Waals surface area (Å²) in [6.45, 7) is 0. The van der Waals surface area contributed by atoms with Crippen LogP contribution >= 0.6 is 11.3 Å². The van der Waals surface area contributed by atoms with E-state index in [1.54, 1.807) is 48.0 Å². The molecule has 2 N–H and O–H groups in total. The van der Waals surface area contributed by atoms with Crippen LogP contribution in [0.4, 0.5) is 10.5 Å². The Kier molecular flexibility index (Phi) is 6.82. The lowest BCUT2D eigenvalue weighted by atomic mass is 10.1. The highest BCUT2D eigenvalue weighted by molar-refractivity contribution is 7.22. The second-order valence-electron chi connectivity index (χ2n) is 8.12. The van der Waals surface area contributed by atoms with Gasteiger partial charge in [0.2, 0.25) is 5.91 Å². The molecule has 0 saturated carbocycles. The molecule has 0 unspecified atom stereocenters. The van der Waals surface area contributed by atoms with Crippen LogP contribution in [0.5, 0.6) is 17.2 Å². The van der Waals surface area contributed by atoms with Crippen molar-refractivity contribution in [2.45, 2.75) is 6.42 Å². The zero-order valence-corrected chi connectivity index (χ0v) is 20.9. The quantitative estimate of drug-likeness (QED) is 0.302. The largest absolute Gasteiger partial charge is 0.494 e. The van der Waals surface area contributed by atoms with E-state index in [0.29, 0.717) is 22.9 Å². The number of rotatable bonds is 7. The average molecular weight is 514 g/mol. The minimum Gasteiger partial charge on any atom is -0.494 e. The van der Waals surface area contributed by atoms with Gasteiger partial charge < -0.3 is 19.4 Å². The third-order valence-electron chi connectivity index (χ3n) is 5.53. The van der Waals surface area contributed by atoms with Crippen molar-refractivity contribution in [2.75, 3.05) is 12.4 Å². The summed E-state index contributed by atoms with van der Waals surface area (Å²) in [6, 6.07) is 17.4. The Balaban J connectivity index is 1.30. The number of hydrogen-bond donors (Lipinski definition) is 2. The summed E-state index contributed by atoms with van der Waals surface area (Å²) < 4.78 is 14.5. The van der Waals surface area contributed by atoms with E-state index in [2.05, 4.69) is 20.6 Å². The van der Waals surface area contributed by atoms with Crippen molar-refractivity contribution in [3.63, 3.8) is 0 Å². The number of thiophene rings is 1. The molecule has 3 heterocycles. The molecule has 0 atom stereocenters. The number of urea groups is 1. The molecule has 0 radical (unpaired) electrons. The number of aryl methyl sites for hydroxylation is 1. The number of anilines is 1. The number of amides is 3. The van der Waals surface area contributed by atoms with Crippen LogP contribution in [0.15, 0.2) is 79.3 Å². The number of benzene rings is 2. The van der Waals surface area contributed by atoms with Crippen LogP contribution < -0.4 is 20.1 Å². The van der Waals surface area contributed by atoms with Crippen LogP contribution in [-0.4, -0.2) is 33.6 Å². The van der Waals surface area contributed by atoms with Gasteiger partial charge in [0.25, 0.3) is 0 Å². The molecule has 186 valence electrons. The van der Waals surface area contributed by atoms with Crippen molar-refractivity contribution in [3.05, 3.63) is 84.8 Å².